The van der Waals surface area contributed by atoms with Crippen LogP contribution in [0.3, 0.4) is 0 Å². The predicted molar refractivity (Wildman–Crippen MR) is 68.9 cm³/mol. The third kappa shape index (κ3) is 1.53. The standard InChI is InChI=1S/C15H26O3/c1-10-4-5-12-11-6-7-14(3,16)13(11,2)8-9-15(12,17)18-10/h10-12,16-17H,4-9H2,1-3H3/t10?,11?,12?,13-,14-,15?/m1/s1. The van der Waals surface area contributed by atoms with Gasteiger partial charge in [-0.2, -0.15) is 0 Å². The van der Waals surface area contributed by atoms with Gasteiger partial charge in [-0.15, -0.1) is 0 Å². The first kappa shape index (κ1) is 12.9. The molecule has 1 aliphatic heterocycles. The summed E-state index contributed by atoms with van der Waals surface area (Å²) in [5, 5.41) is 21.4. The van der Waals surface area contributed by atoms with Crippen molar-refractivity contribution in [1.29, 1.82) is 0 Å². The van der Waals surface area contributed by atoms with Crippen molar-refractivity contribution in [2.24, 2.45) is 17.3 Å². The lowest BCUT2D eigenvalue weighted by Gasteiger charge is -2.56. The number of aliphatic hydroxyl groups is 2. The highest BCUT2D eigenvalue weighted by Crippen LogP contribution is 2.63. The summed E-state index contributed by atoms with van der Waals surface area (Å²) in [6.07, 6.45) is 5.65. The molecule has 0 amide bonds. The first-order chi connectivity index (χ1) is 8.29. The van der Waals surface area contributed by atoms with Crippen LogP contribution in [-0.2, 0) is 4.74 Å². The van der Waals surface area contributed by atoms with Crippen molar-refractivity contribution in [3.63, 3.8) is 0 Å². The van der Waals surface area contributed by atoms with Gasteiger partial charge in [-0.25, -0.2) is 0 Å². The fraction of sp³-hybridized carbons (Fsp3) is 1.00. The fourth-order valence-electron chi connectivity index (χ4n) is 4.87. The highest BCUT2D eigenvalue weighted by atomic mass is 16.6. The first-order valence-electron chi connectivity index (χ1n) is 7.41. The van der Waals surface area contributed by atoms with Crippen molar-refractivity contribution in [3.8, 4) is 0 Å². The zero-order chi connectivity index (χ0) is 13.2. The van der Waals surface area contributed by atoms with E-state index >= 15 is 0 Å². The Morgan fingerprint density at radius 3 is 2.39 bits per heavy atom. The topological polar surface area (TPSA) is 49.7 Å². The van der Waals surface area contributed by atoms with Gasteiger partial charge in [0, 0.05) is 12.3 Å². The molecule has 0 aromatic heterocycles. The second kappa shape index (κ2) is 3.71. The van der Waals surface area contributed by atoms with E-state index in [-0.39, 0.29) is 17.4 Å². The summed E-state index contributed by atoms with van der Waals surface area (Å²) in [6, 6.07) is 0. The van der Waals surface area contributed by atoms with E-state index in [1.165, 1.54) is 0 Å². The second-order valence-electron chi connectivity index (χ2n) is 7.29. The molecule has 104 valence electrons. The lowest BCUT2D eigenvalue weighted by atomic mass is 9.57. The molecule has 3 rings (SSSR count). The van der Waals surface area contributed by atoms with Crippen LogP contribution < -0.4 is 0 Å². The normalized spacial score (nSPS) is 60.2. The molecule has 0 aromatic rings. The minimum Gasteiger partial charge on any atom is -0.390 e. The molecule has 3 heteroatoms. The number of hydrogen-bond donors (Lipinski definition) is 2. The van der Waals surface area contributed by atoms with Gasteiger partial charge in [0.25, 0.3) is 0 Å². The van der Waals surface area contributed by atoms with Crippen molar-refractivity contribution < 1.29 is 14.9 Å². The predicted octanol–water partition coefficient (Wildman–Crippen LogP) is 2.45. The zero-order valence-electron chi connectivity index (χ0n) is 11.8. The molecule has 0 bridgehead atoms. The van der Waals surface area contributed by atoms with E-state index in [4.69, 9.17) is 4.74 Å². The Kier molecular flexibility index (Phi) is 2.66. The maximum absolute atomic E-state index is 10.8. The van der Waals surface area contributed by atoms with Gasteiger partial charge in [-0.3, -0.25) is 0 Å². The van der Waals surface area contributed by atoms with Crippen LogP contribution in [0.5, 0.6) is 0 Å². The number of rotatable bonds is 0. The van der Waals surface area contributed by atoms with Gasteiger partial charge in [-0.05, 0) is 57.3 Å². The van der Waals surface area contributed by atoms with Crippen molar-refractivity contribution in [1.82, 2.24) is 0 Å². The van der Waals surface area contributed by atoms with Crippen LogP contribution in [0, 0.1) is 17.3 Å². The molecule has 2 N–H and O–H groups in total. The molecular weight excluding hydrogens is 228 g/mol. The lowest BCUT2D eigenvalue weighted by Crippen LogP contribution is -2.59. The Labute approximate surface area is 110 Å². The highest BCUT2D eigenvalue weighted by Gasteiger charge is 2.63. The molecule has 18 heavy (non-hydrogen) atoms. The fourth-order valence-corrected chi connectivity index (χ4v) is 4.87. The van der Waals surface area contributed by atoms with Gasteiger partial charge in [0.2, 0.25) is 0 Å². The third-order valence-electron chi connectivity index (χ3n) is 6.35. The van der Waals surface area contributed by atoms with E-state index in [2.05, 4.69) is 6.92 Å². The Morgan fingerprint density at radius 1 is 0.944 bits per heavy atom. The average molecular weight is 254 g/mol. The first-order valence-corrected chi connectivity index (χ1v) is 7.41. The molecule has 0 spiro atoms. The van der Waals surface area contributed by atoms with Crippen molar-refractivity contribution in [2.75, 3.05) is 0 Å². The summed E-state index contributed by atoms with van der Waals surface area (Å²) in [7, 11) is 0. The Hall–Kier alpha value is -0.120. The van der Waals surface area contributed by atoms with Gasteiger partial charge >= 0.3 is 0 Å². The maximum Gasteiger partial charge on any atom is 0.168 e. The zero-order valence-corrected chi connectivity index (χ0v) is 11.8. The maximum atomic E-state index is 10.8. The minimum atomic E-state index is -0.928. The number of ether oxygens (including phenoxy) is 1. The van der Waals surface area contributed by atoms with E-state index in [1.54, 1.807) is 0 Å². The van der Waals surface area contributed by atoms with E-state index in [0.717, 1.165) is 32.1 Å². The summed E-state index contributed by atoms with van der Waals surface area (Å²) in [6.45, 7) is 6.23. The molecule has 2 saturated carbocycles. The number of hydrogen-bond acceptors (Lipinski definition) is 3. The quantitative estimate of drug-likeness (QED) is 0.698. The van der Waals surface area contributed by atoms with Crippen LogP contribution in [0.25, 0.3) is 0 Å². The van der Waals surface area contributed by atoms with Crippen molar-refractivity contribution >= 4 is 0 Å². The molecule has 3 nitrogen and oxygen atoms in total. The Balaban J connectivity index is 1.92. The molecule has 0 aromatic carbocycles. The molecule has 1 saturated heterocycles. The second-order valence-corrected chi connectivity index (χ2v) is 7.29. The van der Waals surface area contributed by atoms with Gasteiger partial charge in [0.15, 0.2) is 5.79 Å². The highest BCUT2D eigenvalue weighted by molar-refractivity contribution is 5.11. The van der Waals surface area contributed by atoms with Crippen molar-refractivity contribution in [2.45, 2.75) is 76.8 Å². The molecule has 2 aliphatic carbocycles. The SMILES string of the molecule is CC1CCC2C3CC[C@@](C)(O)[C@]3(C)CCC2(O)O1. The molecule has 3 aliphatic rings. The van der Waals surface area contributed by atoms with Gasteiger partial charge in [0.05, 0.1) is 11.7 Å². The van der Waals surface area contributed by atoms with Gasteiger partial charge in [-0.1, -0.05) is 6.92 Å². The van der Waals surface area contributed by atoms with E-state index < -0.39 is 11.4 Å². The van der Waals surface area contributed by atoms with Crippen LogP contribution >= 0.6 is 0 Å². The summed E-state index contributed by atoms with van der Waals surface area (Å²) in [5.74, 6) is -0.317. The van der Waals surface area contributed by atoms with Gasteiger partial charge in [0.1, 0.15) is 0 Å². The van der Waals surface area contributed by atoms with Crippen LogP contribution in [0.2, 0.25) is 0 Å². The van der Waals surface area contributed by atoms with Crippen LogP contribution in [-0.4, -0.2) is 27.7 Å². The van der Waals surface area contributed by atoms with Crippen LogP contribution in [0.4, 0.5) is 0 Å². The summed E-state index contributed by atoms with van der Waals surface area (Å²) in [4.78, 5) is 0. The van der Waals surface area contributed by atoms with E-state index in [1.807, 2.05) is 13.8 Å². The van der Waals surface area contributed by atoms with Crippen LogP contribution in [0.15, 0.2) is 0 Å². The average Bonchev–Trinajstić information content (AvgIpc) is 2.50. The summed E-state index contributed by atoms with van der Waals surface area (Å²) >= 11 is 0. The molecular formula is C15H26O3. The molecule has 3 fully saturated rings. The van der Waals surface area contributed by atoms with Gasteiger partial charge < -0.3 is 14.9 Å². The largest absolute Gasteiger partial charge is 0.390 e. The monoisotopic (exact) mass is 254 g/mol. The van der Waals surface area contributed by atoms with E-state index in [9.17, 15) is 10.2 Å². The minimum absolute atomic E-state index is 0.0478. The molecule has 6 atom stereocenters. The summed E-state index contributed by atoms with van der Waals surface area (Å²) in [5.41, 5.74) is -0.629. The van der Waals surface area contributed by atoms with Crippen LogP contribution in [0.1, 0.15) is 59.3 Å². The van der Waals surface area contributed by atoms with E-state index in [0.29, 0.717) is 12.3 Å². The number of fused-ring (bicyclic) bond motifs is 3. The van der Waals surface area contributed by atoms with Crippen molar-refractivity contribution in [3.05, 3.63) is 0 Å². The smallest absolute Gasteiger partial charge is 0.168 e. The lowest BCUT2D eigenvalue weighted by molar-refractivity contribution is -0.319. The molecule has 4 unspecified atom stereocenters. The Morgan fingerprint density at radius 2 is 1.67 bits per heavy atom. The Bertz CT molecular complexity index is 354. The third-order valence-corrected chi connectivity index (χ3v) is 6.35. The summed E-state index contributed by atoms with van der Waals surface area (Å²) < 4.78 is 5.87. The molecule has 1 heterocycles. The molecule has 0 radical (unpaired) electrons.